The van der Waals surface area contributed by atoms with Gasteiger partial charge in [-0.25, -0.2) is 9.97 Å². The van der Waals surface area contributed by atoms with Gasteiger partial charge in [-0.05, 0) is 21.9 Å². The van der Waals surface area contributed by atoms with Crippen molar-refractivity contribution in [3.05, 3.63) is 22.7 Å². The Kier molecular flexibility index (Phi) is 3.24. The van der Waals surface area contributed by atoms with Gasteiger partial charge in [-0.3, -0.25) is 0 Å². The molecule has 0 aliphatic rings. The van der Waals surface area contributed by atoms with E-state index in [1.54, 1.807) is 12.4 Å². The third kappa shape index (κ3) is 3.02. The first kappa shape index (κ1) is 9.21. The summed E-state index contributed by atoms with van der Waals surface area (Å²) >= 11 is 3.25. The van der Waals surface area contributed by atoms with Crippen LogP contribution >= 0.6 is 15.9 Å². The van der Waals surface area contributed by atoms with E-state index in [0.717, 1.165) is 4.47 Å². The number of hydrogen-bond acceptors (Lipinski definition) is 2. The third-order valence-corrected chi connectivity index (χ3v) is 1.50. The molecule has 0 saturated heterocycles. The number of hydrogen-bond donors (Lipinski definition) is 0. The van der Waals surface area contributed by atoms with E-state index in [4.69, 9.17) is 0 Å². The van der Waals surface area contributed by atoms with Crippen molar-refractivity contribution in [1.29, 1.82) is 0 Å². The summed E-state index contributed by atoms with van der Waals surface area (Å²) in [6.45, 7) is 4.07. The fraction of sp³-hybridized carbons (Fsp3) is 0.333. The standard InChI is InChI=1S/C9H9BrN2/c1-7(2)3-4-9-11-5-8(10)6-12-9/h5-7H,1-2H3. The van der Waals surface area contributed by atoms with Crippen LogP contribution in [0, 0.1) is 17.8 Å². The monoisotopic (exact) mass is 224 g/mol. The Morgan fingerprint density at radius 3 is 2.42 bits per heavy atom. The van der Waals surface area contributed by atoms with Crippen molar-refractivity contribution in [2.45, 2.75) is 13.8 Å². The second kappa shape index (κ2) is 4.22. The van der Waals surface area contributed by atoms with E-state index in [0.29, 0.717) is 11.7 Å². The van der Waals surface area contributed by atoms with Gasteiger partial charge in [0.25, 0.3) is 0 Å². The Morgan fingerprint density at radius 2 is 1.92 bits per heavy atom. The molecule has 3 heteroatoms. The molecule has 0 N–H and O–H groups in total. The molecule has 0 aromatic carbocycles. The highest BCUT2D eigenvalue weighted by Gasteiger charge is 1.90. The number of halogens is 1. The van der Waals surface area contributed by atoms with Crippen molar-refractivity contribution in [2.75, 3.05) is 0 Å². The molecule has 0 atom stereocenters. The van der Waals surface area contributed by atoms with Crippen LogP contribution in [0.15, 0.2) is 16.9 Å². The molecule has 1 aromatic heterocycles. The molecule has 1 heterocycles. The Labute approximate surface area is 80.6 Å². The number of nitrogens with zero attached hydrogens (tertiary/aromatic N) is 2. The maximum Gasteiger partial charge on any atom is 0.204 e. The highest BCUT2D eigenvalue weighted by atomic mass is 79.9. The Morgan fingerprint density at radius 1 is 1.33 bits per heavy atom. The SMILES string of the molecule is CC(C)C#Cc1ncc(Br)cn1. The maximum atomic E-state index is 4.02. The smallest absolute Gasteiger partial charge is 0.204 e. The van der Waals surface area contributed by atoms with Gasteiger partial charge in [-0.1, -0.05) is 19.8 Å². The minimum Gasteiger partial charge on any atom is -0.228 e. The molecule has 1 rings (SSSR count). The van der Waals surface area contributed by atoms with Crippen LogP contribution in [0.4, 0.5) is 0 Å². The molecule has 0 saturated carbocycles. The van der Waals surface area contributed by atoms with E-state index >= 15 is 0 Å². The summed E-state index contributed by atoms with van der Waals surface area (Å²) in [5.41, 5.74) is 0. The third-order valence-electron chi connectivity index (χ3n) is 1.09. The second-order valence-corrected chi connectivity index (χ2v) is 3.56. The minimum absolute atomic E-state index is 0.359. The van der Waals surface area contributed by atoms with Crippen LogP contribution in [0.1, 0.15) is 19.7 Å². The lowest BCUT2D eigenvalue weighted by atomic mass is 10.2. The van der Waals surface area contributed by atoms with Gasteiger partial charge in [-0.2, -0.15) is 0 Å². The van der Waals surface area contributed by atoms with Crippen molar-refractivity contribution >= 4 is 15.9 Å². The lowest BCUT2D eigenvalue weighted by molar-refractivity contribution is 0.865. The molecule has 2 nitrogen and oxygen atoms in total. The molecule has 0 unspecified atom stereocenters. The summed E-state index contributed by atoms with van der Waals surface area (Å²) in [5.74, 6) is 6.80. The molecule has 12 heavy (non-hydrogen) atoms. The first-order valence-corrected chi connectivity index (χ1v) is 4.47. The predicted octanol–water partition coefficient (Wildman–Crippen LogP) is 2.25. The fourth-order valence-corrected chi connectivity index (χ4v) is 0.790. The molecule has 0 aliphatic carbocycles. The zero-order valence-corrected chi connectivity index (χ0v) is 8.59. The Bertz CT molecular complexity index is 306. The van der Waals surface area contributed by atoms with Crippen molar-refractivity contribution in [2.24, 2.45) is 5.92 Å². The van der Waals surface area contributed by atoms with Crippen LogP contribution in [0.5, 0.6) is 0 Å². The van der Waals surface area contributed by atoms with Gasteiger partial charge < -0.3 is 0 Å². The zero-order valence-electron chi connectivity index (χ0n) is 7.00. The van der Waals surface area contributed by atoms with Crippen LogP contribution in [0.2, 0.25) is 0 Å². The van der Waals surface area contributed by atoms with E-state index in [2.05, 4.69) is 37.7 Å². The van der Waals surface area contributed by atoms with Crippen LogP contribution in [-0.4, -0.2) is 9.97 Å². The summed E-state index contributed by atoms with van der Waals surface area (Å²) in [6, 6.07) is 0. The molecule has 0 fully saturated rings. The highest BCUT2D eigenvalue weighted by molar-refractivity contribution is 9.10. The Balaban J connectivity index is 2.79. The summed E-state index contributed by atoms with van der Waals surface area (Å²) in [5, 5.41) is 0. The quantitative estimate of drug-likeness (QED) is 0.633. The predicted molar refractivity (Wildman–Crippen MR) is 51.4 cm³/mol. The van der Waals surface area contributed by atoms with E-state index in [9.17, 15) is 0 Å². The first-order valence-electron chi connectivity index (χ1n) is 3.67. The summed E-state index contributed by atoms with van der Waals surface area (Å²) < 4.78 is 0.873. The van der Waals surface area contributed by atoms with Crippen molar-refractivity contribution < 1.29 is 0 Å². The van der Waals surface area contributed by atoms with Gasteiger partial charge >= 0.3 is 0 Å². The molecule has 0 aliphatic heterocycles. The van der Waals surface area contributed by atoms with Crippen LogP contribution in [0.25, 0.3) is 0 Å². The number of rotatable bonds is 0. The van der Waals surface area contributed by atoms with Gasteiger partial charge in [0.15, 0.2) is 0 Å². The lowest BCUT2D eigenvalue weighted by Crippen LogP contribution is -1.87. The van der Waals surface area contributed by atoms with Gasteiger partial charge in [-0.15, -0.1) is 0 Å². The minimum atomic E-state index is 0.359. The molecule has 0 amide bonds. The van der Waals surface area contributed by atoms with Gasteiger partial charge in [0.2, 0.25) is 5.82 Å². The summed E-state index contributed by atoms with van der Waals surface area (Å²) in [7, 11) is 0. The average molecular weight is 225 g/mol. The van der Waals surface area contributed by atoms with E-state index in [-0.39, 0.29) is 0 Å². The molecule has 1 aromatic rings. The van der Waals surface area contributed by atoms with Crippen LogP contribution < -0.4 is 0 Å². The van der Waals surface area contributed by atoms with E-state index < -0.39 is 0 Å². The van der Waals surface area contributed by atoms with Crippen molar-refractivity contribution in [3.63, 3.8) is 0 Å². The van der Waals surface area contributed by atoms with Crippen LogP contribution in [0.3, 0.4) is 0 Å². The zero-order chi connectivity index (χ0) is 8.97. The maximum absolute atomic E-state index is 4.02. The average Bonchev–Trinajstić information content (AvgIpc) is 2.03. The topological polar surface area (TPSA) is 25.8 Å². The van der Waals surface area contributed by atoms with Gasteiger partial charge in [0, 0.05) is 18.3 Å². The summed E-state index contributed by atoms with van der Waals surface area (Å²) in [6.07, 6.45) is 3.38. The van der Waals surface area contributed by atoms with E-state index in [1.165, 1.54) is 0 Å². The molecule has 0 spiro atoms. The van der Waals surface area contributed by atoms with Gasteiger partial charge in [0.05, 0.1) is 4.47 Å². The first-order chi connectivity index (χ1) is 5.68. The van der Waals surface area contributed by atoms with Crippen LogP contribution in [-0.2, 0) is 0 Å². The Hall–Kier alpha value is -0.880. The van der Waals surface area contributed by atoms with Crippen molar-refractivity contribution in [3.8, 4) is 11.8 Å². The van der Waals surface area contributed by atoms with Crippen molar-refractivity contribution in [1.82, 2.24) is 9.97 Å². The normalized spacial score (nSPS) is 9.33. The second-order valence-electron chi connectivity index (χ2n) is 2.65. The molecule has 0 radical (unpaired) electrons. The highest BCUT2D eigenvalue weighted by Crippen LogP contribution is 2.03. The summed E-state index contributed by atoms with van der Waals surface area (Å²) in [4.78, 5) is 8.04. The lowest BCUT2D eigenvalue weighted by Gasteiger charge is -1.89. The number of aromatic nitrogens is 2. The molecular weight excluding hydrogens is 216 g/mol. The molecular formula is C9H9BrN2. The fourth-order valence-electron chi connectivity index (χ4n) is 0.586. The largest absolute Gasteiger partial charge is 0.228 e. The molecule has 0 bridgehead atoms. The van der Waals surface area contributed by atoms with Gasteiger partial charge in [0.1, 0.15) is 0 Å². The van der Waals surface area contributed by atoms with E-state index in [1.807, 2.05) is 13.8 Å². The molecule has 62 valence electrons.